The van der Waals surface area contributed by atoms with Crippen LogP contribution in [0, 0.1) is 0 Å². The van der Waals surface area contributed by atoms with E-state index in [2.05, 4.69) is 21.7 Å². The van der Waals surface area contributed by atoms with Gasteiger partial charge in [-0.1, -0.05) is 55.5 Å². The summed E-state index contributed by atoms with van der Waals surface area (Å²) in [7, 11) is 0. The Balaban J connectivity index is 1.48. The minimum Gasteiger partial charge on any atom is -0.449 e. The van der Waals surface area contributed by atoms with Crippen molar-refractivity contribution in [3.63, 3.8) is 0 Å². The van der Waals surface area contributed by atoms with E-state index in [0.29, 0.717) is 23.6 Å². The molecule has 2 aromatic heterocycles. The Labute approximate surface area is 200 Å². The molecule has 8 nitrogen and oxygen atoms in total. The zero-order valence-electron chi connectivity index (χ0n) is 18.9. The van der Waals surface area contributed by atoms with Gasteiger partial charge in [-0.3, -0.25) is 4.79 Å². The van der Waals surface area contributed by atoms with E-state index in [1.807, 2.05) is 54.6 Å². The first-order valence-electron chi connectivity index (χ1n) is 11.2. The van der Waals surface area contributed by atoms with Crippen molar-refractivity contribution in [1.29, 1.82) is 0 Å². The Morgan fingerprint density at radius 3 is 2.49 bits per heavy atom. The maximum absolute atomic E-state index is 11.4. The lowest BCUT2D eigenvalue weighted by Crippen LogP contribution is -2.06. The van der Waals surface area contributed by atoms with Crippen molar-refractivity contribution in [2.24, 2.45) is 0 Å². The number of benzene rings is 3. The lowest BCUT2D eigenvalue weighted by Gasteiger charge is -2.11. The first kappa shape index (κ1) is 22.1. The highest BCUT2D eigenvalue weighted by molar-refractivity contribution is 5.82. The van der Waals surface area contributed by atoms with Gasteiger partial charge in [0.15, 0.2) is 0 Å². The van der Waals surface area contributed by atoms with Crippen molar-refractivity contribution >= 4 is 17.2 Å². The molecule has 0 saturated carbocycles. The minimum atomic E-state index is -1.34. The smallest absolute Gasteiger partial charge is 0.449 e. The molecule has 0 unspecified atom stereocenters. The van der Waals surface area contributed by atoms with E-state index in [9.17, 15) is 9.59 Å². The van der Waals surface area contributed by atoms with Crippen molar-refractivity contribution in [1.82, 2.24) is 19.7 Å². The van der Waals surface area contributed by atoms with Gasteiger partial charge in [0.2, 0.25) is 0 Å². The van der Waals surface area contributed by atoms with E-state index in [1.165, 1.54) is 6.07 Å². The van der Waals surface area contributed by atoms with Gasteiger partial charge >= 0.3 is 6.16 Å². The van der Waals surface area contributed by atoms with Gasteiger partial charge < -0.3 is 14.4 Å². The Morgan fingerprint density at radius 2 is 1.77 bits per heavy atom. The van der Waals surface area contributed by atoms with Gasteiger partial charge in [-0.25, -0.2) is 14.9 Å². The van der Waals surface area contributed by atoms with Crippen LogP contribution in [-0.4, -0.2) is 31.0 Å². The SMILES string of the molecule is CCc1nc2ccc(-c3ccc(=O)[nH]n3)cc2n1Cc1ccc(-c2ccccc2OC(=O)O)cc1. The molecule has 0 bridgehead atoms. The van der Waals surface area contributed by atoms with Crippen molar-refractivity contribution in [2.45, 2.75) is 19.9 Å². The zero-order valence-corrected chi connectivity index (χ0v) is 18.9. The first-order valence-corrected chi connectivity index (χ1v) is 11.2. The number of rotatable bonds is 6. The van der Waals surface area contributed by atoms with Gasteiger partial charge in [-0.2, -0.15) is 5.10 Å². The van der Waals surface area contributed by atoms with E-state index in [1.54, 1.807) is 18.2 Å². The molecule has 2 N–H and O–H groups in total. The number of fused-ring (bicyclic) bond motifs is 1. The highest BCUT2D eigenvalue weighted by Gasteiger charge is 2.13. The summed E-state index contributed by atoms with van der Waals surface area (Å²) in [5.74, 6) is 1.26. The van der Waals surface area contributed by atoms with Crippen LogP contribution in [0.3, 0.4) is 0 Å². The Kier molecular flexibility index (Phi) is 5.85. The van der Waals surface area contributed by atoms with E-state index in [0.717, 1.165) is 40.0 Å². The molecule has 0 atom stereocenters. The number of imidazole rings is 1. The second-order valence-electron chi connectivity index (χ2n) is 8.04. The number of nitrogens with zero attached hydrogens (tertiary/aromatic N) is 3. The van der Waals surface area contributed by atoms with Gasteiger partial charge in [0.05, 0.1) is 16.7 Å². The number of carbonyl (C=O) groups is 1. The number of aryl methyl sites for hydroxylation is 1. The Bertz CT molecular complexity index is 1570. The molecule has 174 valence electrons. The third kappa shape index (κ3) is 4.54. The Morgan fingerprint density at radius 1 is 1.00 bits per heavy atom. The number of nitrogens with one attached hydrogen (secondary N) is 1. The molecule has 5 rings (SSSR count). The average molecular weight is 466 g/mol. The van der Waals surface area contributed by atoms with Gasteiger partial charge in [-0.15, -0.1) is 0 Å². The molecule has 0 aliphatic heterocycles. The predicted molar refractivity (Wildman–Crippen MR) is 133 cm³/mol. The average Bonchev–Trinajstić information content (AvgIpc) is 3.22. The van der Waals surface area contributed by atoms with Crippen LogP contribution < -0.4 is 10.3 Å². The summed E-state index contributed by atoms with van der Waals surface area (Å²) in [6, 6.07) is 24.1. The van der Waals surface area contributed by atoms with E-state index < -0.39 is 6.16 Å². The van der Waals surface area contributed by atoms with Crippen LogP contribution in [0.25, 0.3) is 33.4 Å². The van der Waals surface area contributed by atoms with Crippen LogP contribution in [-0.2, 0) is 13.0 Å². The summed E-state index contributed by atoms with van der Waals surface area (Å²) >= 11 is 0. The van der Waals surface area contributed by atoms with Crippen LogP contribution in [0.2, 0.25) is 0 Å². The molecule has 2 heterocycles. The molecule has 5 aromatic rings. The highest BCUT2D eigenvalue weighted by atomic mass is 16.7. The number of aromatic amines is 1. The molecule has 8 heteroatoms. The third-order valence-corrected chi connectivity index (χ3v) is 5.81. The van der Waals surface area contributed by atoms with Crippen molar-refractivity contribution in [2.75, 3.05) is 0 Å². The highest BCUT2D eigenvalue weighted by Crippen LogP contribution is 2.31. The van der Waals surface area contributed by atoms with Crippen molar-refractivity contribution in [3.05, 3.63) is 101 Å². The molecule has 0 saturated heterocycles. The van der Waals surface area contributed by atoms with Crippen LogP contribution in [0.15, 0.2) is 83.7 Å². The van der Waals surface area contributed by atoms with Crippen LogP contribution in [0.4, 0.5) is 4.79 Å². The van der Waals surface area contributed by atoms with Crippen molar-refractivity contribution < 1.29 is 14.6 Å². The predicted octanol–water partition coefficient (Wildman–Crippen LogP) is 5.12. The molecule has 0 aliphatic carbocycles. The summed E-state index contributed by atoms with van der Waals surface area (Å²) < 4.78 is 7.11. The number of ether oxygens (including phenoxy) is 1. The number of hydrogen-bond acceptors (Lipinski definition) is 5. The number of hydrogen-bond donors (Lipinski definition) is 2. The molecule has 0 radical (unpaired) electrons. The van der Waals surface area contributed by atoms with Gasteiger partial charge in [0.25, 0.3) is 5.56 Å². The second kappa shape index (κ2) is 9.26. The molecule has 35 heavy (non-hydrogen) atoms. The first-order chi connectivity index (χ1) is 17.0. The molecule has 0 fully saturated rings. The fourth-order valence-corrected chi connectivity index (χ4v) is 4.14. The summed E-state index contributed by atoms with van der Waals surface area (Å²) in [5, 5.41) is 15.6. The van der Waals surface area contributed by atoms with E-state index in [-0.39, 0.29) is 5.56 Å². The molecular weight excluding hydrogens is 444 g/mol. The standard InChI is InChI=1S/C27H22N4O4/c1-2-25-28-22-12-11-19(21-13-14-26(32)30-29-21)15-23(22)31(25)16-17-7-9-18(10-8-17)20-5-3-4-6-24(20)35-27(33)34/h3-15H,2,16H2,1H3,(H,30,32)(H,33,34). The van der Waals surface area contributed by atoms with Gasteiger partial charge in [0, 0.05) is 30.2 Å². The van der Waals surface area contributed by atoms with Gasteiger partial charge in [0.1, 0.15) is 11.6 Å². The largest absolute Gasteiger partial charge is 0.511 e. The van der Waals surface area contributed by atoms with Crippen LogP contribution in [0.5, 0.6) is 5.75 Å². The molecule has 0 aliphatic rings. The number of para-hydroxylation sites is 1. The third-order valence-electron chi connectivity index (χ3n) is 5.81. The summed E-state index contributed by atoms with van der Waals surface area (Å²) in [4.78, 5) is 27.2. The number of carboxylic acid groups (broad SMARTS) is 1. The van der Waals surface area contributed by atoms with Crippen LogP contribution in [0.1, 0.15) is 18.3 Å². The minimum absolute atomic E-state index is 0.242. The maximum Gasteiger partial charge on any atom is 0.511 e. The second-order valence-corrected chi connectivity index (χ2v) is 8.04. The quantitative estimate of drug-likeness (QED) is 0.265. The number of H-pyrrole nitrogens is 1. The molecule has 3 aromatic carbocycles. The Hall–Kier alpha value is -4.72. The normalized spacial score (nSPS) is 11.0. The lowest BCUT2D eigenvalue weighted by atomic mass is 10.0. The molecular formula is C27H22N4O4. The monoisotopic (exact) mass is 466 g/mol. The topological polar surface area (TPSA) is 110 Å². The summed E-state index contributed by atoms with van der Waals surface area (Å²) in [5.41, 5.74) is 5.86. The zero-order chi connectivity index (χ0) is 24.4. The van der Waals surface area contributed by atoms with Crippen LogP contribution >= 0.6 is 0 Å². The van der Waals surface area contributed by atoms with Crippen molar-refractivity contribution in [3.8, 4) is 28.1 Å². The van der Waals surface area contributed by atoms with Gasteiger partial charge in [-0.05, 0) is 35.4 Å². The maximum atomic E-state index is 11.4. The number of aromatic nitrogens is 4. The lowest BCUT2D eigenvalue weighted by molar-refractivity contribution is 0.144. The fraction of sp³-hybridized carbons (Fsp3) is 0.111. The van der Waals surface area contributed by atoms with E-state index >= 15 is 0 Å². The molecule has 0 amide bonds. The fourth-order valence-electron chi connectivity index (χ4n) is 4.14. The summed E-state index contributed by atoms with van der Waals surface area (Å²) in [6.07, 6.45) is -0.566. The summed E-state index contributed by atoms with van der Waals surface area (Å²) in [6.45, 7) is 2.69. The van der Waals surface area contributed by atoms with E-state index in [4.69, 9.17) is 14.8 Å². The molecule has 0 spiro atoms.